The monoisotopic (exact) mass is 254 g/mol. The molecule has 2 aliphatic rings. The molecule has 0 aromatic heterocycles. The molecule has 0 saturated heterocycles. The molecule has 3 N–H and O–H groups in total. The lowest BCUT2D eigenvalue weighted by atomic mass is 9.71. The van der Waals surface area contributed by atoms with Gasteiger partial charge in [0.05, 0.1) is 12.1 Å². The van der Waals surface area contributed by atoms with Crippen LogP contribution in [0, 0.1) is 5.41 Å². The van der Waals surface area contributed by atoms with Crippen LogP contribution in [0.15, 0.2) is 0 Å². The fourth-order valence-corrected chi connectivity index (χ4v) is 2.48. The second kappa shape index (κ2) is 5.17. The number of hydrogen-bond donors (Lipinski definition) is 3. The highest BCUT2D eigenvalue weighted by Gasteiger charge is 2.36. The summed E-state index contributed by atoms with van der Waals surface area (Å²) in [5.74, 6) is 0.0530. The minimum absolute atomic E-state index is 0.0530. The standard InChI is InChI=1S/C14H26N2O2/c1-13(2)5-7-14(18,8-6-13)10-15-9-12(17)16-11-3-4-11/h11,15,18H,3-10H2,1-2H3,(H,16,17). The first kappa shape index (κ1) is 13.8. The van der Waals surface area contributed by atoms with E-state index in [2.05, 4.69) is 24.5 Å². The van der Waals surface area contributed by atoms with Crippen molar-refractivity contribution in [3.8, 4) is 0 Å². The largest absolute Gasteiger partial charge is 0.389 e. The molecule has 0 bridgehead atoms. The highest BCUT2D eigenvalue weighted by molar-refractivity contribution is 5.78. The molecule has 2 saturated carbocycles. The summed E-state index contributed by atoms with van der Waals surface area (Å²) in [6, 6.07) is 0.415. The van der Waals surface area contributed by atoms with Gasteiger partial charge in [0, 0.05) is 12.6 Å². The predicted molar refractivity (Wildman–Crippen MR) is 71.2 cm³/mol. The fraction of sp³-hybridized carbons (Fsp3) is 0.929. The lowest BCUT2D eigenvalue weighted by Crippen LogP contribution is -2.47. The SMILES string of the molecule is CC1(C)CCC(O)(CNCC(=O)NC2CC2)CC1. The van der Waals surface area contributed by atoms with Crippen LogP contribution >= 0.6 is 0 Å². The van der Waals surface area contributed by atoms with E-state index in [-0.39, 0.29) is 5.91 Å². The van der Waals surface area contributed by atoms with Crippen LogP contribution in [-0.4, -0.2) is 35.7 Å². The van der Waals surface area contributed by atoms with Gasteiger partial charge in [-0.2, -0.15) is 0 Å². The van der Waals surface area contributed by atoms with Crippen LogP contribution in [-0.2, 0) is 4.79 Å². The number of amides is 1. The average molecular weight is 254 g/mol. The Kier molecular flexibility index (Phi) is 3.97. The van der Waals surface area contributed by atoms with Gasteiger partial charge < -0.3 is 15.7 Å². The molecule has 4 heteroatoms. The number of carbonyl (C=O) groups excluding carboxylic acids is 1. The Morgan fingerprint density at radius 3 is 2.39 bits per heavy atom. The molecule has 4 nitrogen and oxygen atoms in total. The Morgan fingerprint density at radius 1 is 1.22 bits per heavy atom. The van der Waals surface area contributed by atoms with Gasteiger partial charge in [-0.15, -0.1) is 0 Å². The molecule has 2 rings (SSSR count). The van der Waals surface area contributed by atoms with Crippen molar-refractivity contribution in [2.45, 2.75) is 64.0 Å². The molecule has 0 atom stereocenters. The van der Waals surface area contributed by atoms with E-state index in [1.165, 1.54) is 0 Å². The van der Waals surface area contributed by atoms with Crippen LogP contribution in [0.1, 0.15) is 52.4 Å². The number of nitrogens with one attached hydrogen (secondary N) is 2. The third kappa shape index (κ3) is 4.25. The van der Waals surface area contributed by atoms with Gasteiger partial charge in [-0.3, -0.25) is 4.79 Å². The van der Waals surface area contributed by atoms with Crippen LogP contribution in [0.25, 0.3) is 0 Å². The molecule has 0 aliphatic heterocycles. The lowest BCUT2D eigenvalue weighted by molar-refractivity contribution is -0.120. The van der Waals surface area contributed by atoms with Crippen molar-refractivity contribution >= 4 is 5.91 Å². The van der Waals surface area contributed by atoms with Gasteiger partial charge in [-0.25, -0.2) is 0 Å². The Morgan fingerprint density at radius 2 is 1.83 bits per heavy atom. The van der Waals surface area contributed by atoms with E-state index < -0.39 is 5.60 Å². The van der Waals surface area contributed by atoms with E-state index in [4.69, 9.17) is 0 Å². The summed E-state index contributed by atoms with van der Waals surface area (Å²) >= 11 is 0. The van der Waals surface area contributed by atoms with Crippen LogP contribution in [0.2, 0.25) is 0 Å². The zero-order valence-electron chi connectivity index (χ0n) is 11.6. The van der Waals surface area contributed by atoms with Crippen molar-refractivity contribution in [3.05, 3.63) is 0 Å². The summed E-state index contributed by atoms with van der Waals surface area (Å²) in [4.78, 5) is 11.5. The Balaban J connectivity index is 1.64. The highest BCUT2D eigenvalue weighted by atomic mass is 16.3. The molecule has 0 aromatic rings. The zero-order valence-corrected chi connectivity index (χ0v) is 11.6. The Labute approximate surface area is 110 Å². The predicted octanol–water partition coefficient (Wildman–Crippen LogP) is 1.19. The van der Waals surface area contributed by atoms with Crippen molar-refractivity contribution in [2.24, 2.45) is 5.41 Å². The van der Waals surface area contributed by atoms with E-state index in [0.29, 0.717) is 24.5 Å². The molecule has 0 heterocycles. The summed E-state index contributed by atoms with van der Waals surface area (Å²) < 4.78 is 0. The highest BCUT2D eigenvalue weighted by Crippen LogP contribution is 2.39. The lowest BCUT2D eigenvalue weighted by Gasteiger charge is -2.40. The molecular formula is C14H26N2O2. The molecule has 1 amide bonds. The molecule has 2 aliphatic carbocycles. The first-order valence-corrected chi connectivity index (χ1v) is 7.11. The molecule has 104 valence electrons. The third-order valence-electron chi connectivity index (χ3n) is 4.22. The van der Waals surface area contributed by atoms with Gasteiger partial charge in [-0.05, 0) is 43.9 Å². The molecule has 0 spiro atoms. The summed E-state index contributed by atoms with van der Waals surface area (Å²) in [5.41, 5.74) is -0.259. The molecule has 0 unspecified atom stereocenters. The Bertz CT molecular complexity index is 301. The molecular weight excluding hydrogens is 228 g/mol. The molecule has 0 aromatic carbocycles. The van der Waals surface area contributed by atoms with E-state index in [0.717, 1.165) is 38.5 Å². The third-order valence-corrected chi connectivity index (χ3v) is 4.22. The smallest absolute Gasteiger partial charge is 0.234 e. The summed E-state index contributed by atoms with van der Waals surface area (Å²) in [5, 5.41) is 16.4. The first-order valence-electron chi connectivity index (χ1n) is 7.11. The maximum absolute atomic E-state index is 11.5. The van der Waals surface area contributed by atoms with Crippen molar-refractivity contribution in [3.63, 3.8) is 0 Å². The summed E-state index contributed by atoms with van der Waals surface area (Å²) in [6.45, 7) is 5.36. The van der Waals surface area contributed by atoms with Gasteiger partial charge in [0.2, 0.25) is 5.91 Å². The topological polar surface area (TPSA) is 61.4 Å². The maximum Gasteiger partial charge on any atom is 0.234 e. The fourth-order valence-electron chi connectivity index (χ4n) is 2.48. The van der Waals surface area contributed by atoms with Gasteiger partial charge in [0.1, 0.15) is 0 Å². The molecule has 2 fully saturated rings. The van der Waals surface area contributed by atoms with Gasteiger partial charge in [-0.1, -0.05) is 13.8 Å². The molecule has 18 heavy (non-hydrogen) atoms. The van der Waals surface area contributed by atoms with Gasteiger partial charge >= 0.3 is 0 Å². The number of carbonyl (C=O) groups is 1. The quantitative estimate of drug-likeness (QED) is 0.690. The van der Waals surface area contributed by atoms with Crippen LogP contribution in [0.5, 0.6) is 0 Å². The second-order valence-corrected chi connectivity index (χ2v) is 6.83. The van der Waals surface area contributed by atoms with Gasteiger partial charge in [0.25, 0.3) is 0 Å². The molecule has 0 radical (unpaired) electrons. The van der Waals surface area contributed by atoms with Crippen LogP contribution in [0.3, 0.4) is 0 Å². The van der Waals surface area contributed by atoms with Gasteiger partial charge in [0.15, 0.2) is 0 Å². The zero-order chi connectivity index (χ0) is 13.2. The average Bonchev–Trinajstić information content (AvgIpc) is 3.07. The van der Waals surface area contributed by atoms with E-state index in [1.807, 2.05) is 0 Å². The Hall–Kier alpha value is -0.610. The number of rotatable bonds is 5. The van der Waals surface area contributed by atoms with E-state index >= 15 is 0 Å². The van der Waals surface area contributed by atoms with Crippen LogP contribution in [0.4, 0.5) is 0 Å². The van der Waals surface area contributed by atoms with Crippen LogP contribution < -0.4 is 10.6 Å². The second-order valence-electron chi connectivity index (χ2n) is 6.83. The minimum Gasteiger partial charge on any atom is -0.389 e. The minimum atomic E-state index is -0.616. The van der Waals surface area contributed by atoms with E-state index in [9.17, 15) is 9.90 Å². The maximum atomic E-state index is 11.5. The van der Waals surface area contributed by atoms with E-state index in [1.54, 1.807) is 0 Å². The first-order chi connectivity index (χ1) is 8.39. The van der Waals surface area contributed by atoms with Crippen molar-refractivity contribution < 1.29 is 9.90 Å². The number of aliphatic hydroxyl groups is 1. The van der Waals surface area contributed by atoms with Crippen molar-refractivity contribution in [2.75, 3.05) is 13.1 Å². The normalized spacial score (nSPS) is 25.7. The summed E-state index contributed by atoms with van der Waals surface area (Å²) in [6.07, 6.45) is 6.00. The van der Waals surface area contributed by atoms with Crippen molar-refractivity contribution in [1.29, 1.82) is 0 Å². The summed E-state index contributed by atoms with van der Waals surface area (Å²) in [7, 11) is 0. The van der Waals surface area contributed by atoms with Crippen molar-refractivity contribution in [1.82, 2.24) is 10.6 Å². The number of hydrogen-bond acceptors (Lipinski definition) is 3.